The summed E-state index contributed by atoms with van der Waals surface area (Å²) < 4.78 is 21.2. The second-order valence-electron chi connectivity index (χ2n) is 6.53. The molecular formula is C18H31BrN4O8S. The lowest BCUT2D eigenvalue weighted by atomic mass is 10.3. The van der Waals surface area contributed by atoms with Gasteiger partial charge in [0.2, 0.25) is 23.6 Å². The van der Waals surface area contributed by atoms with Gasteiger partial charge < -0.3 is 24.3 Å². The van der Waals surface area contributed by atoms with Crippen LogP contribution in [0.2, 0.25) is 0 Å². The average molecular weight is 543 g/mol. The van der Waals surface area contributed by atoms with Gasteiger partial charge in [0, 0.05) is 25.9 Å². The van der Waals surface area contributed by atoms with Crippen molar-refractivity contribution in [3.63, 3.8) is 0 Å². The maximum Gasteiger partial charge on any atom is 0.243 e. The Balaban J connectivity index is 1.85. The fraction of sp³-hybridized carbons (Fsp3) is 0.778. The van der Waals surface area contributed by atoms with Gasteiger partial charge in [-0.25, -0.2) is 5.84 Å². The molecule has 0 bridgehead atoms. The van der Waals surface area contributed by atoms with Crippen molar-refractivity contribution in [1.82, 2.24) is 15.6 Å². The zero-order chi connectivity index (χ0) is 23.6. The number of halogens is 1. The lowest BCUT2D eigenvalue weighted by molar-refractivity contribution is -0.138. The van der Waals surface area contributed by atoms with E-state index in [9.17, 15) is 19.2 Å². The topological polar surface area (TPSA) is 159 Å². The van der Waals surface area contributed by atoms with E-state index in [2.05, 4.69) is 20.1 Å². The van der Waals surface area contributed by atoms with Crippen LogP contribution in [0.5, 0.6) is 0 Å². The van der Waals surface area contributed by atoms with Crippen LogP contribution in [0, 0.1) is 0 Å². The summed E-state index contributed by atoms with van der Waals surface area (Å²) >= 11 is 3.13. The number of amides is 4. The van der Waals surface area contributed by atoms with E-state index in [1.165, 1.54) is 0 Å². The summed E-state index contributed by atoms with van der Waals surface area (Å²) in [4.78, 5) is 47.5. The fourth-order valence-corrected chi connectivity index (χ4v) is 3.81. The molecule has 4 N–H and O–H groups in total. The molecule has 1 saturated heterocycles. The van der Waals surface area contributed by atoms with Crippen LogP contribution >= 0.6 is 25.0 Å². The van der Waals surface area contributed by atoms with Crippen molar-refractivity contribution in [3.05, 3.63) is 0 Å². The summed E-state index contributed by atoms with van der Waals surface area (Å²) in [6.07, 6.45) is 0.430. The van der Waals surface area contributed by atoms with E-state index in [0.29, 0.717) is 52.8 Å². The minimum Gasteiger partial charge on any atom is -0.379 e. The number of rotatable bonds is 19. The summed E-state index contributed by atoms with van der Waals surface area (Å²) in [6.45, 7) is 3.42. The highest BCUT2D eigenvalue weighted by molar-refractivity contribution is 9.50. The Morgan fingerprint density at radius 2 is 1.50 bits per heavy atom. The first-order valence-electron chi connectivity index (χ1n) is 10.2. The van der Waals surface area contributed by atoms with Gasteiger partial charge in [-0.2, -0.15) is 0 Å². The van der Waals surface area contributed by atoms with E-state index in [-0.39, 0.29) is 56.0 Å². The van der Waals surface area contributed by atoms with Crippen molar-refractivity contribution in [1.29, 1.82) is 0 Å². The Bertz CT molecular complexity index is 601. The number of hydrogen-bond acceptors (Lipinski definition) is 10. The molecule has 1 aliphatic rings. The molecule has 32 heavy (non-hydrogen) atoms. The second kappa shape index (κ2) is 18.2. The third-order valence-corrected chi connectivity index (χ3v) is 6.13. The molecule has 0 aliphatic carbocycles. The molecule has 0 saturated carbocycles. The SMILES string of the molecule is NNC(=O)CCOCCOCCOCCOCCNC(=O)CCN1C(=O)CC(SBr)C1=O. The number of hydrazine groups is 1. The summed E-state index contributed by atoms with van der Waals surface area (Å²) in [5, 5.41) is 2.27. The average Bonchev–Trinajstić information content (AvgIpc) is 3.07. The third-order valence-electron chi connectivity index (χ3n) is 4.19. The molecule has 0 aromatic heterocycles. The van der Waals surface area contributed by atoms with Crippen molar-refractivity contribution in [2.75, 3.05) is 65.9 Å². The number of nitrogens with zero attached hydrogens (tertiary/aromatic N) is 1. The molecule has 12 nitrogen and oxygen atoms in total. The van der Waals surface area contributed by atoms with Gasteiger partial charge in [-0.05, 0) is 14.8 Å². The van der Waals surface area contributed by atoms with E-state index >= 15 is 0 Å². The monoisotopic (exact) mass is 542 g/mol. The minimum atomic E-state index is -0.413. The molecule has 0 aromatic rings. The van der Waals surface area contributed by atoms with E-state index in [1.807, 2.05) is 5.43 Å². The fourth-order valence-electron chi connectivity index (χ4n) is 2.52. The molecule has 1 atom stereocenters. The van der Waals surface area contributed by atoms with Crippen LogP contribution in [0.25, 0.3) is 0 Å². The Labute approximate surface area is 198 Å². The molecule has 0 radical (unpaired) electrons. The van der Waals surface area contributed by atoms with Crippen LogP contribution in [-0.4, -0.2) is 99.7 Å². The quantitative estimate of drug-likeness (QED) is 0.0614. The van der Waals surface area contributed by atoms with E-state index in [1.54, 1.807) is 0 Å². The molecule has 4 amide bonds. The summed E-state index contributed by atoms with van der Waals surface area (Å²) in [7, 11) is 1.16. The highest BCUT2D eigenvalue weighted by Crippen LogP contribution is 2.29. The summed E-state index contributed by atoms with van der Waals surface area (Å²) in [5.41, 5.74) is 2.02. The summed E-state index contributed by atoms with van der Waals surface area (Å²) in [5.74, 6) is 3.90. The number of hydrogen-bond donors (Lipinski definition) is 3. The predicted molar refractivity (Wildman–Crippen MR) is 119 cm³/mol. The first-order chi connectivity index (χ1) is 15.5. The maximum atomic E-state index is 11.9. The van der Waals surface area contributed by atoms with Crippen LogP contribution in [0.1, 0.15) is 19.3 Å². The molecule has 1 aliphatic heterocycles. The smallest absolute Gasteiger partial charge is 0.243 e. The lowest BCUT2D eigenvalue weighted by Gasteiger charge is -2.14. The molecular weight excluding hydrogens is 512 g/mol. The molecule has 0 aromatic carbocycles. The van der Waals surface area contributed by atoms with Crippen molar-refractivity contribution in [2.45, 2.75) is 24.5 Å². The summed E-state index contributed by atoms with van der Waals surface area (Å²) in [6, 6.07) is 0. The Hall–Kier alpha value is -1.29. The van der Waals surface area contributed by atoms with Crippen molar-refractivity contribution in [3.8, 4) is 0 Å². The largest absolute Gasteiger partial charge is 0.379 e. The number of imide groups is 1. The zero-order valence-corrected chi connectivity index (χ0v) is 20.2. The first kappa shape index (κ1) is 28.7. The van der Waals surface area contributed by atoms with E-state index < -0.39 is 5.25 Å². The van der Waals surface area contributed by atoms with Crippen LogP contribution in [0.15, 0.2) is 0 Å². The number of carbonyl (C=O) groups is 4. The molecule has 1 fully saturated rings. The van der Waals surface area contributed by atoms with Gasteiger partial charge >= 0.3 is 0 Å². The van der Waals surface area contributed by atoms with Crippen molar-refractivity contribution < 1.29 is 38.1 Å². The highest BCUT2D eigenvalue weighted by Gasteiger charge is 2.38. The molecule has 1 unspecified atom stereocenters. The Morgan fingerprint density at radius 1 is 0.938 bits per heavy atom. The third kappa shape index (κ3) is 12.7. The number of carbonyl (C=O) groups excluding carboxylic acids is 4. The molecule has 184 valence electrons. The number of nitrogens with one attached hydrogen (secondary N) is 2. The van der Waals surface area contributed by atoms with Gasteiger partial charge in [-0.3, -0.25) is 29.5 Å². The zero-order valence-electron chi connectivity index (χ0n) is 17.8. The normalized spacial score (nSPS) is 15.9. The number of ether oxygens (including phenoxy) is 4. The van der Waals surface area contributed by atoms with Crippen LogP contribution < -0.4 is 16.6 Å². The van der Waals surface area contributed by atoms with Crippen LogP contribution in [0.4, 0.5) is 0 Å². The number of nitrogens with two attached hydrogens (primary N) is 1. The second-order valence-corrected chi connectivity index (χ2v) is 8.40. The van der Waals surface area contributed by atoms with Gasteiger partial charge in [0.15, 0.2) is 0 Å². The van der Waals surface area contributed by atoms with Crippen molar-refractivity contribution in [2.24, 2.45) is 5.84 Å². The van der Waals surface area contributed by atoms with Crippen LogP contribution in [0.3, 0.4) is 0 Å². The predicted octanol–water partition coefficient (Wildman–Crippen LogP) is -0.890. The number of likely N-dealkylation sites (tertiary alicyclic amines) is 1. The molecule has 1 rings (SSSR count). The maximum absolute atomic E-state index is 11.9. The van der Waals surface area contributed by atoms with Gasteiger partial charge in [0.25, 0.3) is 0 Å². The van der Waals surface area contributed by atoms with Gasteiger partial charge in [0.1, 0.15) is 5.25 Å². The van der Waals surface area contributed by atoms with E-state index in [0.717, 1.165) is 15.1 Å². The van der Waals surface area contributed by atoms with Gasteiger partial charge in [-0.15, -0.1) is 0 Å². The molecule has 0 spiro atoms. The van der Waals surface area contributed by atoms with Crippen molar-refractivity contribution >= 4 is 48.6 Å². The highest BCUT2D eigenvalue weighted by atomic mass is 79.9. The standard InChI is InChI=1S/C18H31BrN4O8S/c19-32-14-13-17(26)23(18(14)27)4-1-15(24)21-3-6-29-8-10-31-12-11-30-9-7-28-5-2-16(25)22-20/h14H,1-13,20H2,(H,21,24)(H,22,25). The first-order valence-corrected chi connectivity index (χ1v) is 12.9. The Morgan fingerprint density at radius 3 is 2.03 bits per heavy atom. The van der Waals surface area contributed by atoms with Crippen LogP contribution in [-0.2, 0) is 38.1 Å². The minimum absolute atomic E-state index is 0.0638. The molecule has 14 heteroatoms. The Kier molecular flexibility index (Phi) is 16.3. The van der Waals surface area contributed by atoms with E-state index in [4.69, 9.17) is 24.8 Å². The lowest BCUT2D eigenvalue weighted by Crippen LogP contribution is -2.36. The van der Waals surface area contributed by atoms with Gasteiger partial charge in [0.05, 0.1) is 59.3 Å². The molecule has 1 heterocycles. The van der Waals surface area contributed by atoms with Gasteiger partial charge in [-0.1, -0.05) is 10.2 Å².